The molecular formula is C20H20ClF2N6O2+. The lowest BCUT2D eigenvalue weighted by molar-refractivity contribution is -0.658. The first-order valence-electron chi connectivity index (χ1n) is 10.0. The van der Waals surface area contributed by atoms with Crippen molar-refractivity contribution in [2.24, 2.45) is 17.8 Å². The summed E-state index contributed by atoms with van der Waals surface area (Å²) in [6.07, 6.45) is 5.11. The van der Waals surface area contributed by atoms with Crippen LogP contribution in [-0.4, -0.2) is 32.2 Å². The number of nitrogens with zero attached hydrogens (tertiary/aromatic N) is 3. The van der Waals surface area contributed by atoms with Gasteiger partial charge >= 0.3 is 5.97 Å². The molecule has 3 aliphatic rings. The monoisotopic (exact) mass is 449 g/mol. The normalized spacial score (nSPS) is 25.0. The van der Waals surface area contributed by atoms with Crippen LogP contribution in [0.1, 0.15) is 25.7 Å². The van der Waals surface area contributed by atoms with E-state index in [4.69, 9.17) is 16.4 Å². The highest BCUT2D eigenvalue weighted by molar-refractivity contribution is 6.31. The number of quaternary nitrogens is 1. The number of rotatable bonds is 4. The average Bonchev–Trinajstić information content (AvgIpc) is 3.18. The fourth-order valence-corrected chi connectivity index (χ4v) is 5.21. The van der Waals surface area contributed by atoms with Crippen LogP contribution in [0.3, 0.4) is 0 Å². The van der Waals surface area contributed by atoms with E-state index in [9.17, 15) is 13.6 Å². The largest absolute Gasteiger partial charge is 0.371 e. The molecule has 2 bridgehead atoms. The molecule has 3 fully saturated rings. The molecule has 11 heteroatoms. The summed E-state index contributed by atoms with van der Waals surface area (Å²) in [7, 11) is 0. The smallest absolute Gasteiger partial charge is 0.364 e. The van der Waals surface area contributed by atoms with E-state index in [-0.39, 0.29) is 35.1 Å². The molecule has 2 atom stereocenters. The molecule has 5 N–H and O–H groups in total. The number of hydrogen-bond acceptors (Lipinski definition) is 6. The van der Waals surface area contributed by atoms with Crippen molar-refractivity contribution in [1.82, 2.24) is 20.2 Å². The van der Waals surface area contributed by atoms with Gasteiger partial charge in [0, 0.05) is 23.7 Å². The first-order valence-corrected chi connectivity index (χ1v) is 10.4. The molecule has 3 aromatic heterocycles. The third-order valence-electron chi connectivity index (χ3n) is 6.48. The number of carbonyl (C=O) groups excluding carboxylic acids is 1. The van der Waals surface area contributed by atoms with Crippen LogP contribution in [0.2, 0.25) is 5.02 Å². The van der Waals surface area contributed by atoms with Crippen molar-refractivity contribution < 1.29 is 24.3 Å². The van der Waals surface area contributed by atoms with E-state index in [1.165, 1.54) is 6.20 Å². The van der Waals surface area contributed by atoms with Crippen molar-refractivity contribution >= 4 is 34.4 Å². The molecule has 31 heavy (non-hydrogen) atoms. The number of pyridine rings is 2. The standard InChI is InChI=1S/C20H20ClF2N6O2/c21-10-5-11-16(28-29-18(11)25-7-10)17-12(22)6-13(23)19(27-17)26-15-9-3-1-8(2-4-9)14(15)20(30)31-24/h5-9,14-15H,1-4H2,24H3,(H,26,27)(H,25,28,29)/q+1. The predicted molar refractivity (Wildman–Crippen MR) is 107 cm³/mol. The Morgan fingerprint density at radius 1 is 1.19 bits per heavy atom. The fraction of sp³-hybridized carbons (Fsp3) is 0.400. The minimum absolute atomic E-state index is 0.118. The molecule has 3 heterocycles. The summed E-state index contributed by atoms with van der Waals surface area (Å²) in [6, 6.07) is 1.99. The highest BCUT2D eigenvalue weighted by Crippen LogP contribution is 2.46. The summed E-state index contributed by atoms with van der Waals surface area (Å²) < 4.78 is 29.4. The lowest BCUT2D eigenvalue weighted by Crippen LogP contribution is -2.59. The van der Waals surface area contributed by atoms with Crippen LogP contribution < -0.4 is 11.2 Å². The van der Waals surface area contributed by atoms with Gasteiger partial charge in [0.05, 0.1) is 16.6 Å². The van der Waals surface area contributed by atoms with E-state index in [0.29, 0.717) is 16.1 Å². The summed E-state index contributed by atoms with van der Waals surface area (Å²) in [4.78, 5) is 25.5. The quantitative estimate of drug-likeness (QED) is 0.527. The average molecular weight is 450 g/mol. The molecule has 0 saturated heterocycles. The van der Waals surface area contributed by atoms with E-state index < -0.39 is 23.5 Å². The highest BCUT2D eigenvalue weighted by atomic mass is 35.5. The van der Waals surface area contributed by atoms with Crippen LogP contribution in [-0.2, 0) is 9.63 Å². The van der Waals surface area contributed by atoms with E-state index in [0.717, 1.165) is 31.7 Å². The van der Waals surface area contributed by atoms with Gasteiger partial charge in [-0.15, -0.1) is 0 Å². The fourth-order valence-electron chi connectivity index (χ4n) is 5.05. The Hall–Kier alpha value is -2.85. The Kier molecular flexibility index (Phi) is 4.98. The number of hydrogen-bond donors (Lipinski definition) is 3. The van der Waals surface area contributed by atoms with Gasteiger partial charge in [0.25, 0.3) is 0 Å². The molecule has 3 aromatic rings. The van der Waals surface area contributed by atoms with E-state index in [2.05, 4.69) is 31.4 Å². The van der Waals surface area contributed by atoms with Crippen LogP contribution in [0.4, 0.5) is 14.6 Å². The molecule has 2 unspecified atom stereocenters. The lowest BCUT2D eigenvalue weighted by Gasteiger charge is -2.47. The molecule has 0 spiro atoms. The van der Waals surface area contributed by atoms with Gasteiger partial charge in [-0.05, 0) is 43.6 Å². The minimum atomic E-state index is -0.854. The van der Waals surface area contributed by atoms with Crippen molar-refractivity contribution in [2.45, 2.75) is 31.7 Å². The summed E-state index contributed by atoms with van der Waals surface area (Å²) in [5, 5.41) is 10.6. The zero-order valence-corrected chi connectivity index (χ0v) is 17.1. The second-order valence-electron chi connectivity index (χ2n) is 8.11. The Balaban J connectivity index is 1.54. The number of fused-ring (bicyclic) bond motifs is 4. The molecule has 0 amide bonds. The van der Waals surface area contributed by atoms with Gasteiger partial charge in [-0.2, -0.15) is 11.0 Å². The Morgan fingerprint density at radius 2 is 1.94 bits per heavy atom. The topological polar surface area (TPSA) is 120 Å². The van der Waals surface area contributed by atoms with Crippen molar-refractivity contribution in [1.29, 1.82) is 0 Å². The number of aromatic amines is 1. The molecule has 6 rings (SSSR count). The van der Waals surface area contributed by atoms with E-state index in [1.807, 2.05) is 0 Å². The number of aromatic nitrogens is 4. The van der Waals surface area contributed by atoms with Crippen LogP contribution in [0.25, 0.3) is 22.4 Å². The minimum Gasteiger partial charge on any atom is -0.364 e. The number of carbonyl (C=O) groups is 1. The number of nitrogens with one attached hydrogen (secondary N) is 2. The molecule has 0 aromatic carbocycles. The summed E-state index contributed by atoms with van der Waals surface area (Å²) in [5.41, 5.74) is 0.458. The maximum Gasteiger partial charge on any atom is 0.371 e. The first-order chi connectivity index (χ1) is 15.0. The second kappa shape index (κ2) is 7.69. The zero-order chi connectivity index (χ0) is 21.7. The van der Waals surface area contributed by atoms with Crippen LogP contribution in [0, 0.1) is 29.4 Å². The van der Waals surface area contributed by atoms with E-state index >= 15 is 0 Å². The third kappa shape index (κ3) is 3.39. The molecule has 3 saturated carbocycles. The molecule has 0 aliphatic heterocycles. The number of H-pyrrole nitrogens is 1. The van der Waals surface area contributed by atoms with Crippen molar-refractivity contribution in [3.05, 3.63) is 35.0 Å². The second-order valence-corrected chi connectivity index (χ2v) is 8.54. The van der Waals surface area contributed by atoms with Gasteiger partial charge in [0.15, 0.2) is 23.1 Å². The Bertz CT molecular complexity index is 1160. The van der Waals surface area contributed by atoms with Gasteiger partial charge < -0.3 is 5.32 Å². The summed E-state index contributed by atoms with van der Waals surface area (Å²) in [5.74, 6) is 0.866. The van der Waals surface area contributed by atoms with Crippen molar-refractivity contribution in [3.8, 4) is 11.4 Å². The zero-order valence-electron chi connectivity index (χ0n) is 16.4. The highest BCUT2D eigenvalue weighted by Gasteiger charge is 2.49. The molecule has 3 aliphatic carbocycles. The lowest BCUT2D eigenvalue weighted by atomic mass is 9.61. The molecule has 162 valence electrons. The van der Waals surface area contributed by atoms with Gasteiger partial charge in [-0.3, -0.25) is 9.94 Å². The molecule has 0 radical (unpaired) electrons. The number of halogens is 3. The van der Waals surface area contributed by atoms with Gasteiger partial charge in [-0.25, -0.2) is 23.5 Å². The SMILES string of the molecule is [NH3+]OC(=O)C1C2CCC(CC2)C1Nc1nc(-c2[nH]nc3ncc(Cl)cc23)c(F)cc1F. The molecular weight excluding hydrogens is 430 g/mol. The Morgan fingerprint density at radius 3 is 2.68 bits per heavy atom. The maximum absolute atomic E-state index is 14.7. The van der Waals surface area contributed by atoms with Crippen LogP contribution in [0.15, 0.2) is 18.3 Å². The van der Waals surface area contributed by atoms with Crippen molar-refractivity contribution in [2.75, 3.05) is 5.32 Å². The summed E-state index contributed by atoms with van der Waals surface area (Å²) >= 11 is 6.02. The van der Waals surface area contributed by atoms with Crippen LogP contribution >= 0.6 is 11.6 Å². The van der Waals surface area contributed by atoms with Crippen LogP contribution in [0.5, 0.6) is 0 Å². The van der Waals surface area contributed by atoms with Gasteiger partial charge in [0.1, 0.15) is 5.69 Å². The Labute approximate surface area is 180 Å². The summed E-state index contributed by atoms with van der Waals surface area (Å²) in [6.45, 7) is 0. The molecule has 8 nitrogen and oxygen atoms in total. The van der Waals surface area contributed by atoms with E-state index in [1.54, 1.807) is 6.07 Å². The number of anilines is 1. The van der Waals surface area contributed by atoms with Crippen molar-refractivity contribution in [3.63, 3.8) is 0 Å². The maximum atomic E-state index is 14.7. The predicted octanol–water partition coefficient (Wildman–Crippen LogP) is 2.87. The third-order valence-corrected chi connectivity index (χ3v) is 6.69. The van der Waals surface area contributed by atoms with Gasteiger partial charge in [0.2, 0.25) is 0 Å². The first kappa shape index (κ1) is 20.1. The van der Waals surface area contributed by atoms with Gasteiger partial charge in [-0.1, -0.05) is 11.6 Å².